The first-order valence-corrected chi connectivity index (χ1v) is 30.8. The van der Waals surface area contributed by atoms with Crippen LogP contribution in [0.3, 0.4) is 0 Å². The van der Waals surface area contributed by atoms with E-state index in [1.807, 2.05) is 26.8 Å². The van der Waals surface area contributed by atoms with E-state index in [0.29, 0.717) is 56.1 Å². The van der Waals surface area contributed by atoms with Crippen LogP contribution in [0.1, 0.15) is 182 Å². The number of benzene rings is 1. The number of nitrogens with zero attached hydrogens (tertiary/aromatic N) is 1. The third-order valence-electron chi connectivity index (χ3n) is 25.6. The minimum Gasteiger partial charge on any atom is -0.504 e. The van der Waals surface area contributed by atoms with Gasteiger partial charge in [-0.15, -0.1) is 0 Å². The van der Waals surface area contributed by atoms with Crippen molar-refractivity contribution in [1.29, 1.82) is 0 Å². The van der Waals surface area contributed by atoms with E-state index in [1.54, 1.807) is 26.8 Å². The minimum absolute atomic E-state index is 0.00431. The van der Waals surface area contributed by atoms with E-state index >= 15 is 0 Å². The molecule has 8 aliphatic carbocycles. The van der Waals surface area contributed by atoms with E-state index in [-0.39, 0.29) is 58.6 Å². The molecule has 12 rings (SSSR count). The number of hydrogen-bond donors (Lipinski definition) is 11. The van der Waals surface area contributed by atoms with Crippen LogP contribution in [0, 0.1) is 63.6 Å². The fourth-order valence-electron chi connectivity index (χ4n) is 20.7. The topological polar surface area (TPSA) is 313 Å². The van der Waals surface area contributed by atoms with E-state index in [0.717, 1.165) is 68.9 Å². The molecular formula is C61H91NO17S. The molecule has 20 unspecified atom stereocenters. The van der Waals surface area contributed by atoms with Gasteiger partial charge in [0.15, 0.2) is 17.6 Å². The first-order chi connectivity index (χ1) is 36.7. The number of aliphatic carboxylic acids is 1. The maximum atomic E-state index is 12.9. The molecule has 7 saturated carbocycles. The molecule has 10 fully saturated rings. The Hall–Kier alpha value is -3.21. The number of carbonyl (C=O) groups is 2. The molecule has 448 valence electrons. The Morgan fingerprint density at radius 1 is 0.787 bits per heavy atom. The maximum Gasteiger partial charge on any atom is 0.394 e. The second-order valence-electron chi connectivity index (χ2n) is 29.2. The molecule has 3 saturated heterocycles. The van der Waals surface area contributed by atoms with Gasteiger partial charge in [0.1, 0.15) is 22.4 Å². The van der Waals surface area contributed by atoms with Gasteiger partial charge in [0.2, 0.25) is 5.79 Å². The molecule has 1 aromatic carbocycles. The number of allylic oxidation sites excluding steroid dienone is 3. The van der Waals surface area contributed by atoms with Gasteiger partial charge in [-0.05, 0) is 175 Å². The van der Waals surface area contributed by atoms with Crippen LogP contribution in [0.4, 0.5) is 0 Å². The fraction of sp³-hybridized carbons (Fsp3) is 0.803. The van der Waals surface area contributed by atoms with Gasteiger partial charge in [0, 0.05) is 66.1 Å². The van der Waals surface area contributed by atoms with Crippen LogP contribution < -0.4 is 0 Å². The SMILES string of the molecule is CC=C(C)C(=O)OC1CCC2(C)C3CCC4C5(O)CC(O)C6(O)C(CN7CC(C)CCC7C6(C)O)C5(O)CC42OC13O.Cc1c(O)c(O)cc2c1CC=C1C2(C)CCC2(C)C3CC(C)(C(=O)O)CCC3(C)CCC12C.O=S(=O)(O)O. The normalized spacial score (nSPS) is 50.5. The molecule has 80 heavy (non-hydrogen) atoms. The average Bonchev–Trinajstić information content (AvgIpc) is 3.76. The van der Waals surface area contributed by atoms with Crippen LogP contribution >= 0.6 is 0 Å². The number of phenols is 2. The Bertz CT molecular complexity index is 2920. The van der Waals surface area contributed by atoms with Gasteiger partial charge < -0.3 is 55.4 Å². The van der Waals surface area contributed by atoms with E-state index in [9.17, 15) is 55.5 Å². The number of esters is 1. The number of carbonyl (C=O) groups excluding carboxylic acids is 1. The van der Waals surface area contributed by atoms with Crippen LogP contribution in [-0.2, 0) is 41.3 Å². The van der Waals surface area contributed by atoms with E-state index in [4.69, 9.17) is 27.0 Å². The molecule has 0 radical (unpaired) electrons. The summed E-state index contributed by atoms with van der Waals surface area (Å²) in [7, 11) is -4.67. The van der Waals surface area contributed by atoms with Crippen LogP contribution in [-0.4, -0.2) is 145 Å². The average molecular weight is 1140 g/mol. The summed E-state index contributed by atoms with van der Waals surface area (Å²) in [5.41, 5.74) is -4.95. The van der Waals surface area contributed by atoms with Crippen molar-refractivity contribution in [2.75, 3.05) is 13.1 Å². The van der Waals surface area contributed by atoms with Crippen molar-refractivity contribution in [1.82, 2.24) is 4.90 Å². The van der Waals surface area contributed by atoms with E-state index in [2.05, 4.69) is 45.6 Å². The summed E-state index contributed by atoms with van der Waals surface area (Å²) in [6.07, 6.45) is 12.3. The minimum atomic E-state index is -4.67. The fourth-order valence-corrected chi connectivity index (χ4v) is 20.7. The van der Waals surface area contributed by atoms with Gasteiger partial charge in [0.25, 0.3) is 0 Å². The summed E-state index contributed by atoms with van der Waals surface area (Å²) in [5, 5.41) is 105. The molecular weight excluding hydrogens is 1050 g/mol. The van der Waals surface area contributed by atoms with Crippen molar-refractivity contribution in [3.63, 3.8) is 0 Å². The maximum absolute atomic E-state index is 12.9. The molecule has 19 heteroatoms. The Kier molecular flexibility index (Phi) is 13.8. The predicted octanol–water partition coefficient (Wildman–Crippen LogP) is 6.98. The number of aliphatic hydroxyl groups is 6. The number of fused-ring (bicyclic) bond motifs is 12. The van der Waals surface area contributed by atoms with Crippen molar-refractivity contribution >= 4 is 22.3 Å². The number of ether oxygens (including phenoxy) is 2. The van der Waals surface area contributed by atoms with Crippen LogP contribution in [0.5, 0.6) is 11.5 Å². The van der Waals surface area contributed by atoms with Crippen LogP contribution in [0.25, 0.3) is 0 Å². The van der Waals surface area contributed by atoms with Gasteiger partial charge >= 0.3 is 22.3 Å². The first-order valence-electron chi connectivity index (χ1n) is 29.5. The predicted molar refractivity (Wildman–Crippen MR) is 293 cm³/mol. The number of carboxylic acid groups (broad SMARTS) is 1. The monoisotopic (exact) mass is 1140 g/mol. The highest BCUT2D eigenvalue weighted by Gasteiger charge is 2.89. The first kappa shape index (κ1) is 59.9. The summed E-state index contributed by atoms with van der Waals surface area (Å²) in [4.78, 5) is 27.1. The molecule has 0 aromatic heterocycles. The zero-order valence-electron chi connectivity index (χ0n) is 48.8. The molecule has 20 atom stereocenters. The summed E-state index contributed by atoms with van der Waals surface area (Å²) < 4.78 is 44.2. The summed E-state index contributed by atoms with van der Waals surface area (Å²) in [6.45, 7) is 23.6. The molecule has 11 aliphatic rings. The standard InChI is InChI=1S/C32H49NO9.C29H40O4.H2O4S/c1-6-18(3)25(35)41-24-11-12-26(4)19-8-9-20-28(37)13-23(34)31(39)21(29(28,38)16-30(20,26)42-32(19,24)40)15-33-14-17(2)7-10-22(33)27(31,5)36;1-17-18-7-8-21-27(4,19(18)15-20(30)23(17)31)12-14-29(6)22-16-26(3,24(32)33)10-9-25(22,2)11-13-28(21,29)5;1-5(2,3)4/h6,17,19-24,34,36-40H,7-16H2,1-5H3;8,15,22,30-31H,7,9-14,16H2,1-6H3,(H,32,33);(H2,1,2,3,4). The number of hydrogen-bond acceptors (Lipinski definition) is 15. The molecule has 4 bridgehead atoms. The molecule has 18 nitrogen and oxygen atoms in total. The zero-order valence-corrected chi connectivity index (χ0v) is 49.6. The molecule has 11 N–H and O–H groups in total. The second-order valence-corrected chi connectivity index (χ2v) is 30.1. The number of aromatic hydroxyl groups is 2. The van der Waals surface area contributed by atoms with Gasteiger partial charge in [0.05, 0.1) is 17.1 Å². The Balaban J connectivity index is 0.000000170. The van der Waals surface area contributed by atoms with Gasteiger partial charge in [-0.2, -0.15) is 8.42 Å². The smallest absolute Gasteiger partial charge is 0.394 e. The highest BCUT2D eigenvalue weighted by Crippen LogP contribution is 2.79. The number of piperidine rings is 2. The van der Waals surface area contributed by atoms with Crippen molar-refractivity contribution in [2.45, 2.75) is 236 Å². The molecule has 0 amide bonds. The third-order valence-corrected chi connectivity index (χ3v) is 25.6. The molecule has 3 heterocycles. The lowest BCUT2D eigenvalue weighted by Crippen LogP contribution is -2.85. The lowest BCUT2D eigenvalue weighted by atomic mass is 9.34. The number of phenolic OH excluding ortho intramolecular Hbond substituents is 2. The van der Waals surface area contributed by atoms with Crippen molar-refractivity contribution < 1.29 is 82.5 Å². The Labute approximate surface area is 471 Å². The lowest BCUT2D eigenvalue weighted by molar-refractivity contribution is -0.354. The highest BCUT2D eigenvalue weighted by molar-refractivity contribution is 7.79. The van der Waals surface area contributed by atoms with Crippen LogP contribution in [0.2, 0.25) is 0 Å². The van der Waals surface area contributed by atoms with Crippen LogP contribution in [0.15, 0.2) is 29.4 Å². The van der Waals surface area contributed by atoms with E-state index in [1.165, 1.54) is 11.1 Å². The van der Waals surface area contributed by atoms with E-state index < -0.39 is 96.9 Å². The third kappa shape index (κ3) is 7.78. The highest BCUT2D eigenvalue weighted by atomic mass is 32.3. The van der Waals surface area contributed by atoms with Gasteiger partial charge in [-0.25, -0.2) is 4.79 Å². The van der Waals surface area contributed by atoms with Gasteiger partial charge in [-0.1, -0.05) is 59.3 Å². The molecule has 3 aliphatic heterocycles. The van der Waals surface area contributed by atoms with Gasteiger partial charge in [-0.3, -0.25) is 18.8 Å². The second kappa shape index (κ2) is 18.4. The number of carboxylic acids is 1. The Morgan fingerprint density at radius 2 is 1.43 bits per heavy atom. The van der Waals surface area contributed by atoms with Crippen molar-refractivity contribution in [3.05, 3.63) is 46.1 Å². The summed E-state index contributed by atoms with van der Waals surface area (Å²) >= 11 is 0. The number of rotatable bonds is 3. The number of aliphatic hydroxyl groups excluding tert-OH is 1. The van der Waals surface area contributed by atoms with Crippen molar-refractivity contribution in [2.24, 2.45) is 56.7 Å². The summed E-state index contributed by atoms with van der Waals surface area (Å²) in [6, 6.07) is 1.42. The molecule has 1 spiro atoms. The Morgan fingerprint density at radius 3 is 2.06 bits per heavy atom. The summed E-state index contributed by atoms with van der Waals surface area (Å²) in [5.74, 6) is -4.33. The molecule has 1 aromatic rings. The largest absolute Gasteiger partial charge is 0.504 e. The zero-order chi connectivity index (χ0) is 59.2. The quantitative estimate of drug-likeness (QED) is 0.0478. The van der Waals surface area contributed by atoms with Crippen molar-refractivity contribution in [3.8, 4) is 11.5 Å². The lowest BCUT2D eigenvalue weighted by Gasteiger charge is -2.69.